The van der Waals surface area contributed by atoms with E-state index in [-0.39, 0.29) is 17.3 Å². The molecule has 1 heterocycles. The number of fused-ring (bicyclic) bond motifs is 1. The highest BCUT2D eigenvalue weighted by atomic mass is 32.2. The van der Waals surface area contributed by atoms with Crippen LogP contribution < -0.4 is 4.72 Å². The molecule has 1 N–H and O–H groups in total. The molecule has 0 saturated carbocycles. The molecule has 126 valence electrons. The highest BCUT2D eigenvalue weighted by Gasteiger charge is 2.17. The minimum atomic E-state index is -3.74. The van der Waals surface area contributed by atoms with Gasteiger partial charge in [-0.1, -0.05) is 30.0 Å². The van der Waals surface area contributed by atoms with E-state index in [1.165, 1.54) is 30.3 Å². The van der Waals surface area contributed by atoms with Crippen molar-refractivity contribution >= 4 is 20.9 Å². The van der Waals surface area contributed by atoms with Gasteiger partial charge in [0, 0.05) is 16.6 Å². The molecule has 3 aromatic rings. The quantitative estimate of drug-likeness (QED) is 0.736. The van der Waals surface area contributed by atoms with Gasteiger partial charge >= 0.3 is 0 Å². The molecule has 0 fully saturated rings. The van der Waals surface area contributed by atoms with Crippen LogP contribution in [0.5, 0.6) is 0 Å². The Kier molecular flexibility index (Phi) is 4.79. The highest BCUT2D eigenvalue weighted by molar-refractivity contribution is 7.89. The lowest BCUT2D eigenvalue weighted by Crippen LogP contribution is -2.24. The number of sulfonamides is 1. The second-order valence-electron chi connectivity index (χ2n) is 5.41. The summed E-state index contributed by atoms with van der Waals surface area (Å²) in [5.74, 6) is 5.16. The summed E-state index contributed by atoms with van der Waals surface area (Å²) in [6.07, 6.45) is 0. The van der Waals surface area contributed by atoms with Crippen molar-refractivity contribution in [1.82, 2.24) is 9.71 Å². The van der Waals surface area contributed by atoms with Crippen LogP contribution in [0.4, 0.5) is 4.39 Å². The molecule has 0 aliphatic rings. The number of halogens is 1. The van der Waals surface area contributed by atoms with E-state index in [9.17, 15) is 12.8 Å². The summed E-state index contributed by atoms with van der Waals surface area (Å²) in [5.41, 5.74) is 1.79. The fourth-order valence-electron chi connectivity index (χ4n) is 2.32. The maximum absolute atomic E-state index is 12.8. The van der Waals surface area contributed by atoms with Gasteiger partial charge in [0.1, 0.15) is 10.7 Å². The third-order valence-corrected chi connectivity index (χ3v) is 4.97. The van der Waals surface area contributed by atoms with Gasteiger partial charge in [-0.05, 0) is 43.3 Å². The Labute approximate surface area is 145 Å². The van der Waals surface area contributed by atoms with Crippen LogP contribution in [-0.4, -0.2) is 19.9 Å². The maximum Gasteiger partial charge on any atom is 0.243 e. The van der Waals surface area contributed by atoms with E-state index in [0.717, 1.165) is 11.1 Å². The standard InChI is InChI=1S/C19H15FN2O2S/c1-14-7-10-16-5-2-6-18(19(16)22-14)25(23,24)21-13-3-4-15-8-11-17(20)12-9-15/h2,5-12,21H,13H2,1H3. The Morgan fingerprint density at radius 2 is 1.84 bits per heavy atom. The van der Waals surface area contributed by atoms with Crippen molar-refractivity contribution in [2.45, 2.75) is 11.8 Å². The number of hydrogen-bond acceptors (Lipinski definition) is 3. The van der Waals surface area contributed by atoms with Gasteiger partial charge in [-0.25, -0.2) is 12.8 Å². The third kappa shape index (κ3) is 4.02. The fraction of sp³-hybridized carbons (Fsp3) is 0.105. The first kappa shape index (κ1) is 17.1. The first-order chi connectivity index (χ1) is 12.0. The molecule has 6 heteroatoms. The van der Waals surface area contributed by atoms with Crippen molar-refractivity contribution in [3.05, 3.63) is 71.7 Å². The second-order valence-corrected chi connectivity index (χ2v) is 7.15. The molecule has 4 nitrogen and oxygen atoms in total. The van der Waals surface area contributed by atoms with E-state index >= 15 is 0 Å². The topological polar surface area (TPSA) is 59.1 Å². The predicted molar refractivity (Wildman–Crippen MR) is 94.9 cm³/mol. The van der Waals surface area contributed by atoms with E-state index < -0.39 is 10.0 Å². The first-order valence-corrected chi connectivity index (χ1v) is 9.04. The zero-order valence-electron chi connectivity index (χ0n) is 13.5. The lowest BCUT2D eigenvalue weighted by Gasteiger charge is -2.07. The molecule has 2 aromatic carbocycles. The van der Waals surface area contributed by atoms with Crippen molar-refractivity contribution in [1.29, 1.82) is 0 Å². The summed E-state index contributed by atoms with van der Waals surface area (Å²) < 4.78 is 40.4. The SMILES string of the molecule is Cc1ccc2cccc(S(=O)(=O)NCC#Cc3ccc(F)cc3)c2n1. The second kappa shape index (κ2) is 7.01. The minimum Gasteiger partial charge on any atom is -0.252 e. The van der Waals surface area contributed by atoms with E-state index in [0.29, 0.717) is 11.1 Å². The van der Waals surface area contributed by atoms with Crippen LogP contribution in [0.25, 0.3) is 10.9 Å². The lowest BCUT2D eigenvalue weighted by atomic mass is 10.2. The molecule has 1 aromatic heterocycles. The van der Waals surface area contributed by atoms with Gasteiger partial charge in [-0.2, -0.15) is 4.72 Å². The highest BCUT2D eigenvalue weighted by Crippen LogP contribution is 2.21. The number of nitrogens with one attached hydrogen (secondary N) is 1. The van der Waals surface area contributed by atoms with Crippen molar-refractivity contribution in [2.24, 2.45) is 0 Å². The summed E-state index contributed by atoms with van der Waals surface area (Å²) in [6.45, 7) is 1.76. The van der Waals surface area contributed by atoms with Gasteiger partial charge in [0.05, 0.1) is 12.1 Å². The predicted octanol–water partition coefficient (Wildman–Crippen LogP) is 3.01. The summed E-state index contributed by atoms with van der Waals surface area (Å²) in [7, 11) is -3.74. The molecule has 0 atom stereocenters. The molecule has 0 aliphatic carbocycles. The van der Waals surface area contributed by atoms with E-state index in [4.69, 9.17) is 0 Å². The molecular weight excluding hydrogens is 339 g/mol. The monoisotopic (exact) mass is 354 g/mol. The Morgan fingerprint density at radius 1 is 1.08 bits per heavy atom. The third-order valence-electron chi connectivity index (χ3n) is 3.54. The number of hydrogen-bond donors (Lipinski definition) is 1. The molecule has 25 heavy (non-hydrogen) atoms. The number of rotatable bonds is 3. The maximum atomic E-state index is 12.8. The lowest BCUT2D eigenvalue weighted by molar-refractivity contribution is 0.587. The van der Waals surface area contributed by atoms with Gasteiger partial charge in [-0.15, -0.1) is 0 Å². The summed E-state index contributed by atoms with van der Waals surface area (Å²) >= 11 is 0. The average molecular weight is 354 g/mol. The zero-order valence-corrected chi connectivity index (χ0v) is 14.3. The number of para-hydroxylation sites is 1. The molecule has 0 spiro atoms. The van der Waals surface area contributed by atoms with E-state index in [1.807, 2.05) is 25.1 Å². The summed E-state index contributed by atoms with van der Waals surface area (Å²) in [6, 6.07) is 14.4. The van der Waals surface area contributed by atoms with Crippen LogP contribution in [0.2, 0.25) is 0 Å². The molecule has 0 unspecified atom stereocenters. The average Bonchev–Trinajstić information content (AvgIpc) is 2.59. The Morgan fingerprint density at radius 3 is 2.60 bits per heavy atom. The minimum absolute atomic E-state index is 0.0537. The van der Waals surface area contributed by atoms with Gasteiger partial charge in [-0.3, -0.25) is 4.98 Å². The number of aromatic nitrogens is 1. The van der Waals surface area contributed by atoms with Crippen molar-refractivity contribution in [3.63, 3.8) is 0 Å². The molecule has 0 aliphatic heterocycles. The number of nitrogens with zero attached hydrogens (tertiary/aromatic N) is 1. The molecular formula is C19H15FN2O2S. The Balaban J connectivity index is 1.81. The number of pyridine rings is 1. The first-order valence-electron chi connectivity index (χ1n) is 7.56. The Hall–Kier alpha value is -2.75. The van der Waals surface area contributed by atoms with Crippen LogP contribution in [0.15, 0.2) is 59.5 Å². The normalized spacial score (nSPS) is 11.1. The van der Waals surface area contributed by atoms with E-state index in [1.54, 1.807) is 6.07 Å². The van der Waals surface area contributed by atoms with Crippen LogP contribution in [0.1, 0.15) is 11.3 Å². The zero-order chi connectivity index (χ0) is 17.9. The summed E-state index contributed by atoms with van der Waals surface area (Å²) in [5, 5.41) is 0.755. The fourth-order valence-corrected chi connectivity index (χ4v) is 3.42. The van der Waals surface area contributed by atoms with Gasteiger partial charge in [0.15, 0.2) is 0 Å². The Bertz CT molecular complexity index is 1080. The molecule has 0 saturated heterocycles. The molecule has 3 rings (SSSR count). The van der Waals surface area contributed by atoms with Crippen LogP contribution in [-0.2, 0) is 10.0 Å². The molecule has 0 amide bonds. The number of aryl methyl sites for hydroxylation is 1. The smallest absolute Gasteiger partial charge is 0.243 e. The molecule has 0 bridgehead atoms. The van der Waals surface area contributed by atoms with Crippen molar-refractivity contribution < 1.29 is 12.8 Å². The van der Waals surface area contributed by atoms with Gasteiger partial charge < -0.3 is 0 Å². The molecule has 0 radical (unpaired) electrons. The van der Waals surface area contributed by atoms with Crippen LogP contribution in [0.3, 0.4) is 0 Å². The van der Waals surface area contributed by atoms with Crippen LogP contribution >= 0.6 is 0 Å². The van der Waals surface area contributed by atoms with Crippen molar-refractivity contribution in [2.75, 3.05) is 6.54 Å². The van der Waals surface area contributed by atoms with E-state index in [2.05, 4.69) is 21.5 Å². The van der Waals surface area contributed by atoms with Gasteiger partial charge in [0.25, 0.3) is 0 Å². The van der Waals surface area contributed by atoms with Gasteiger partial charge in [0.2, 0.25) is 10.0 Å². The number of benzene rings is 2. The summed E-state index contributed by atoms with van der Waals surface area (Å²) in [4.78, 5) is 4.46. The largest absolute Gasteiger partial charge is 0.252 e. The van der Waals surface area contributed by atoms with Crippen LogP contribution in [0, 0.1) is 24.6 Å². The van der Waals surface area contributed by atoms with Crippen molar-refractivity contribution in [3.8, 4) is 11.8 Å².